The molecule has 4 heterocycles. The summed E-state index contributed by atoms with van der Waals surface area (Å²) >= 11 is 3.37. The summed E-state index contributed by atoms with van der Waals surface area (Å²) in [5.74, 6) is 2.78. The average Bonchev–Trinajstić information content (AvgIpc) is 3.38. The highest BCUT2D eigenvalue weighted by Crippen LogP contribution is 2.37. The van der Waals surface area contributed by atoms with Crippen molar-refractivity contribution in [1.82, 2.24) is 14.9 Å². The minimum atomic E-state index is -0.0117. The van der Waals surface area contributed by atoms with Crippen molar-refractivity contribution < 1.29 is 9.53 Å². The van der Waals surface area contributed by atoms with Crippen LogP contribution in [0.4, 0.5) is 11.5 Å². The summed E-state index contributed by atoms with van der Waals surface area (Å²) < 4.78 is 5.75. The molecule has 2 saturated heterocycles. The molecule has 2 fully saturated rings. The fourth-order valence-corrected chi connectivity index (χ4v) is 6.90. The molecule has 0 aliphatic carbocycles. The monoisotopic (exact) mass is 509 g/mol. The number of nitrogens with zero attached hydrogens (tertiary/aromatic N) is 5. The van der Waals surface area contributed by atoms with Gasteiger partial charge >= 0.3 is 0 Å². The number of thioether (sulfide) groups is 1. The van der Waals surface area contributed by atoms with Gasteiger partial charge in [-0.1, -0.05) is 23.9 Å². The summed E-state index contributed by atoms with van der Waals surface area (Å²) in [6.45, 7) is 10.6. The molecule has 0 N–H and O–H groups in total. The third kappa shape index (κ3) is 4.63. The molecule has 1 aromatic carbocycles. The number of fused-ring (bicyclic) bond motifs is 1. The van der Waals surface area contributed by atoms with Gasteiger partial charge in [0.2, 0.25) is 5.91 Å². The van der Waals surface area contributed by atoms with E-state index in [1.807, 2.05) is 36.1 Å². The van der Waals surface area contributed by atoms with E-state index in [2.05, 4.69) is 35.6 Å². The third-order valence-corrected chi connectivity index (χ3v) is 9.12. The van der Waals surface area contributed by atoms with Gasteiger partial charge in [0, 0.05) is 35.7 Å². The van der Waals surface area contributed by atoms with Crippen LogP contribution in [0.3, 0.4) is 0 Å². The number of para-hydroxylation sites is 2. The number of anilines is 1. The number of amidine groups is 1. The molecule has 7 nitrogen and oxygen atoms in total. The van der Waals surface area contributed by atoms with Crippen molar-refractivity contribution in [3.8, 4) is 5.75 Å². The Labute approximate surface area is 214 Å². The van der Waals surface area contributed by atoms with E-state index in [1.165, 1.54) is 10.4 Å². The molecule has 1 atom stereocenters. The maximum Gasteiger partial charge on any atom is 0.232 e. The minimum Gasteiger partial charge on any atom is -0.492 e. The van der Waals surface area contributed by atoms with Gasteiger partial charge in [0.1, 0.15) is 28.4 Å². The zero-order chi connectivity index (χ0) is 24.5. The van der Waals surface area contributed by atoms with Crippen LogP contribution in [0, 0.1) is 19.8 Å². The molecule has 3 aromatic rings. The second-order valence-electron chi connectivity index (χ2n) is 9.09. The number of hydrogen-bond donors (Lipinski definition) is 0. The molecule has 184 valence electrons. The first kappa shape index (κ1) is 24.1. The molecule has 0 unspecified atom stereocenters. The van der Waals surface area contributed by atoms with Crippen molar-refractivity contribution in [1.29, 1.82) is 0 Å². The predicted octanol–water partition coefficient (Wildman–Crippen LogP) is 5.57. The quantitative estimate of drug-likeness (QED) is 0.448. The summed E-state index contributed by atoms with van der Waals surface area (Å²) in [6.07, 6.45) is 3.28. The zero-order valence-electron chi connectivity index (χ0n) is 20.7. The van der Waals surface area contributed by atoms with E-state index in [9.17, 15) is 4.79 Å². The van der Waals surface area contributed by atoms with Crippen LogP contribution < -0.4 is 9.64 Å². The minimum absolute atomic E-state index is 0.0117. The smallest absolute Gasteiger partial charge is 0.232 e. The average molecular weight is 510 g/mol. The van der Waals surface area contributed by atoms with Gasteiger partial charge in [-0.15, -0.1) is 11.3 Å². The van der Waals surface area contributed by atoms with Crippen LogP contribution >= 0.6 is 23.1 Å². The standard InChI is InChI=1S/C26H31N5O2S2/c1-5-33-21-9-7-6-8-20(21)29-26-31(16(2)14-34-26)25(32)19-10-12-30(13-11-19)23-22-17(3)18(4)35-24(22)28-15-27-23/h6-9,15-16,19H,5,10-14H2,1-4H3/t16-/m1/s1. The highest BCUT2D eigenvalue weighted by atomic mass is 32.2. The van der Waals surface area contributed by atoms with E-state index in [-0.39, 0.29) is 17.9 Å². The van der Waals surface area contributed by atoms with Crippen LogP contribution in [0.1, 0.15) is 37.1 Å². The number of hydrogen-bond acceptors (Lipinski definition) is 8. The maximum absolute atomic E-state index is 13.7. The van der Waals surface area contributed by atoms with Crippen molar-refractivity contribution in [3.63, 3.8) is 0 Å². The molecule has 5 rings (SSSR count). The molecule has 1 amide bonds. The van der Waals surface area contributed by atoms with Crippen LogP contribution in [0.25, 0.3) is 10.2 Å². The first-order chi connectivity index (χ1) is 17.0. The van der Waals surface area contributed by atoms with Crippen LogP contribution in [0.15, 0.2) is 35.6 Å². The fourth-order valence-electron chi connectivity index (χ4n) is 4.79. The van der Waals surface area contributed by atoms with Gasteiger partial charge < -0.3 is 9.64 Å². The Morgan fingerprint density at radius 1 is 1.20 bits per heavy atom. The van der Waals surface area contributed by atoms with Gasteiger partial charge in [-0.2, -0.15) is 0 Å². The highest BCUT2D eigenvalue weighted by Gasteiger charge is 2.38. The van der Waals surface area contributed by atoms with Gasteiger partial charge in [0.25, 0.3) is 0 Å². The molecule has 0 radical (unpaired) electrons. The second-order valence-corrected chi connectivity index (χ2v) is 11.3. The van der Waals surface area contributed by atoms with Crippen LogP contribution in [0.2, 0.25) is 0 Å². The van der Waals surface area contributed by atoms with Crippen molar-refractivity contribution in [2.24, 2.45) is 10.9 Å². The summed E-state index contributed by atoms with van der Waals surface area (Å²) in [4.78, 5) is 34.2. The second kappa shape index (κ2) is 10.1. The van der Waals surface area contributed by atoms with Crippen LogP contribution in [-0.2, 0) is 4.79 Å². The number of thiophene rings is 1. The normalized spacial score (nSPS) is 20.2. The first-order valence-corrected chi connectivity index (χ1v) is 14.0. The highest BCUT2D eigenvalue weighted by molar-refractivity contribution is 8.14. The SMILES string of the molecule is CCOc1ccccc1N=C1SC[C@@H](C)N1C(=O)C1CCN(c2ncnc3sc(C)c(C)c23)CC1. The number of benzene rings is 1. The van der Waals surface area contributed by atoms with Gasteiger partial charge in [0.15, 0.2) is 5.17 Å². The molecule has 35 heavy (non-hydrogen) atoms. The topological polar surface area (TPSA) is 70.9 Å². The summed E-state index contributed by atoms with van der Waals surface area (Å²) in [5.41, 5.74) is 2.03. The zero-order valence-corrected chi connectivity index (χ0v) is 22.3. The van der Waals surface area contributed by atoms with Crippen LogP contribution in [0.5, 0.6) is 5.75 Å². The van der Waals surface area contributed by atoms with Gasteiger partial charge in [0.05, 0.1) is 12.0 Å². The number of rotatable bonds is 5. The molecular formula is C26H31N5O2S2. The molecule has 0 bridgehead atoms. The van der Waals surface area contributed by atoms with Crippen molar-refractivity contribution >= 4 is 55.9 Å². The summed E-state index contributed by atoms with van der Waals surface area (Å²) in [5, 5.41) is 1.94. The number of ether oxygens (including phenoxy) is 1. The molecule has 2 aromatic heterocycles. The number of amides is 1. The molecule has 9 heteroatoms. The Kier molecular flexibility index (Phi) is 6.98. The predicted molar refractivity (Wildman–Crippen MR) is 145 cm³/mol. The Morgan fingerprint density at radius 3 is 2.74 bits per heavy atom. The molecular weight excluding hydrogens is 478 g/mol. The van der Waals surface area contributed by atoms with E-state index in [0.29, 0.717) is 6.61 Å². The molecule has 2 aliphatic heterocycles. The maximum atomic E-state index is 13.7. The Morgan fingerprint density at radius 2 is 1.97 bits per heavy atom. The number of carbonyl (C=O) groups is 1. The van der Waals surface area contributed by atoms with E-state index in [4.69, 9.17) is 9.73 Å². The molecule has 0 spiro atoms. The lowest BCUT2D eigenvalue weighted by molar-refractivity contribution is -0.133. The van der Waals surface area contributed by atoms with E-state index >= 15 is 0 Å². The lowest BCUT2D eigenvalue weighted by Gasteiger charge is -2.35. The van der Waals surface area contributed by atoms with E-state index in [0.717, 1.165) is 64.3 Å². The lowest BCUT2D eigenvalue weighted by Crippen LogP contribution is -2.45. The fraction of sp³-hybridized carbons (Fsp3) is 0.462. The van der Waals surface area contributed by atoms with Crippen LogP contribution in [-0.4, -0.2) is 57.4 Å². The third-order valence-electron chi connectivity index (χ3n) is 6.81. The Balaban J connectivity index is 1.33. The number of carbonyl (C=O) groups excluding carboxylic acids is 1. The van der Waals surface area contributed by atoms with Gasteiger partial charge in [-0.25, -0.2) is 15.0 Å². The van der Waals surface area contributed by atoms with E-state index < -0.39 is 0 Å². The first-order valence-electron chi connectivity index (χ1n) is 12.2. The molecule has 2 aliphatic rings. The van der Waals surface area contributed by atoms with Crippen molar-refractivity contribution in [2.45, 2.75) is 46.6 Å². The summed E-state index contributed by atoms with van der Waals surface area (Å²) in [6, 6.07) is 7.89. The lowest BCUT2D eigenvalue weighted by atomic mass is 9.94. The van der Waals surface area contributed by atoms with Crippen molar-refractivity contribution in [2.75, 3.05) is 30.3 Å². The Bertz CT molecular complexity index is 1270. The number of aryl methyl sites for hydroxylation is 2. The number of aliphatic imine (C=N–C) groups is 1. The summed E-state index contributed by atoms with van der Waals surface area (Å²) in [7, 11) is 0. The molecule has 0 saturated carbocycles. The Hall–Kier alpha value is -2.65. The number of aromatic nitrogens is 2. The largest absolute Gasteiger partial charge is 0.492 e. The van der Waals surface area contributed by atoms with Crippen molar-refractivity contribution in [3.05, 3.63) is 41.0 Å². The van der Waals surface area contributed by atoms with Gasteiger partial charge in [-0.05, 0) is 58.2 Å². The number of piperidine rings is 1. The van der Waals surface area contributed by atoms with E-state index in [1.54, 1.807) is 29.4 Å². The van der Waals surface area contributed by atoms with Gasteiger partial charge in [-0.3, -0.25) is 9.69 Å².